The molecule has 0 amide bonds. The molecule has 3 nitrogen and oxygen atoms in total. The molecule has 3 unspecified atom stereocenters. The maximum atomic E-state index is 5.92. The molecule has 1 fully saturated rings. The summed E-state index contributed by atoms with van der Waals surface area (Å²) >= 11 is 0. The molecule has 1 rings (SSSR count). The van der Waals surface area contributed by atoms with E-state index in [-0.39, 0.29) is 12.1 Å². The normalized spacial score (nSPS) is 36.0. The Labute approximate surface area is 68.5 Å². The fourth-order valence-electron chi connectivity index (χ4n) is 1.74. The van der Waals surface area contributed by atoms with Gasteiger partial charge in [-0.3, -0.25) is 0 Å². The molecule has 2 N–H and O–H groups in total. The summed E-state index contributed by atoms with van der Waals surface area (Å²) in [6.45, 7) is 4.15. The van der Waals surface area contributed by atoms with Crippen molar-refractivity contribution in [1.29, 1.82) is 0 Å². The Kier molecular flexibility index (Phi) is 2.87. The molecule has 0 aromatic rings. The zero-order valence-electron chi connectivity index (χ0n) is 7.58. The predicted octanol–water partition coefficient (Wildman–Crippen LogP) is -0.0898. The first-order chi connectivity index (χ1) is 5.15. The molecular weight excluding hydrogens is 140 g/mol. The molecule has 1 heterocycles. The first-order valence-corrected chi connectivity index (χ1v) is 4.12. The highest BCUT2D eigenvalue weighted by atomic mass is 16.5. The number of ether oxygens (including phenoxy) is 1. The van der Waals surface area contributed by atoms with Crippen LogP contribution in [0.25, 0.3) is 0 Å². The lowest BCUT2D eigenvalue weighted by atomic mass is 9.99. The van der Waals surface area contributed by atoms with Crippen molar-refractivity contribution in [3.8, 4) is 0 Å². The van der Waals surface area contributed by atoms with Crippen LogP contribution in [-0.4, -0.2) is 44.3 Å². The Morgan fingerprint density at radius 3 is 2.55 bits per heavy atom. The van der Waals surface area contributed by atoms with Gasteiger partial charge in [-0.15, -0.1) is 0 Å². The first-order valence-electron chi connectivity index (χ1n) is 4.12. The zero-order chi connectivity index (χ0) is 8.43. The van der Waals surface area contributed by atoms with Crippen molar-refractivity contribution in [3.05, 3.63) is 0 Å². The maximum absolute atomic E-state index is 5.92. The molecule has 0 bridgehead atoms. The van der Waals surface area contributed by atoms with Crippen LogP contribution < -0.4 is 5.73 Å². The Morgan fingerprint density at radius 1 is 1.55 bits per heavy atom. The number of hydrogen-bond donors (Lipinski definition) is 1. The lowest BCUT2D eigenvalue weighted by Crippen LogP contribution is -2.36. The van der Waals surface area contributed by atoms with Crippen LogP contribution in [0.15, 0.2) is 0 Å². The van der Waals surface area contributed by atoms with Crippen LogP contribution >= 0.6 is 0 Å². The quantitative estimate of drug-likeness (QED) is 0.610. The van der Waals surface area contributed by atoms with Gasteiger partial charge in [0.05, 0.1) is 6.10 Å². The molecule has 0 aliphatic carbocycles. The minimum absolute atomic E-state index is 0.287. The predicted molar refractivity (Wildman–Crippen MR) is 45.4 cm³/mol. The van der Waals surface area contributed by atoms with E-state index in [1.807, 2.05) is 0 Å². The number of nitrogens with zero attached hydrogens (tertiary/aromatic N) is 1. The number of likely N-dealkylation sites (tertiary alicyclic amines) is 1. The fraction of sp³-hybridized carbons (Fsp3) is 1.00. The monoisotopic (exact) mass is 158 g/mol. The van der Waals surface area contributed by atoms with E-state index in [1.165, 1.54) is 0 Å². The highest BCUT2D eigenvalue weighted by Crippen LogP contribution is 2.18. The van der Waals surface area contributed by atoms with Gasteiger partial charge in [0.25, 0.3) is 0 Å². The molecule has 1 aliphatic heterocycles. The Balaban J connectivity index is 2.45. The van der Waals surface area contributed by atoms with Crippen LogP contribution in [0.1, 0.15) is 6.92 Å². The van der Waals surface area contributed by atoms with Gasteiger partial charge in [0.15, 0.2) is 0 Å². The first kappa shape index (κ1) is 8.97. The van der Waals surface area contributed by atoms with E-state index < -0.39 is 0 Å². The van der Waals surface area contributed by atoms with Crippen molar-refractivity contribution in [2.45, 2.75) is 19.1 Å². The van der Waals surface area contributed by atoms with Crippen LogP contribution in [-0.2, 0) is 4.74 Å². The molecule has 3 heteroatoms. The minimum atomic E-state index is 0.287. The Bertz CT molecular complexity index is 125. The minimum Gasteiger partial charge on any atom is -0.381 e. The average Bonchev–Trinajstić information content (AvgIpc) is 2.28. The van der Waals surface area contributed by atoms with Crippen LogP contribution in [0.4, 0.5) is 0 Å². The van der Waals surface area contributed by atoms with E-state index in [2.05, 4.69) is 18.9 Å². The number of hydrogen-bond acceptors (Lipinski definition) is 3. The largest absolute Gasteiger partial charge is 0.381 e. The number of nitrogens with two attached hydrogens (primary N) is 1. The molecule has 0 spiro atoms. The highest BCUT2D eigenvalue weighted by Gasteiger charge is 2.31. The second-order valence-corrected chi connectivity index (χ2v) is 3.49. The molecule has 0 aromatic carbocycles. The Morgan fingerprint density at radius 2 is 2.18 bits per heavy atom. The van der Waals surface area contributed by atoms with Gasteiger partial charge in [0, 0.05) is 32.2 Å². The van der Waals surface area contributed by atoms with Crippen molar-refractivity contribution >= 4 is 0 Å². The molecule has 1 aliphatic rings. The summed E-state index contributed by atoms with van der Waals surface area (Å²) in [4.78, 5) is 2.25. The average molecular weight is 158 g/mol. The van der Waals surface area contributed by atoms with Crippen LogP contribution in [0.5, 0.6) is 0 Å². The topological polar surface area (TPSA) is 38.5 Å². The molecule has 1 saturated heterocycles. The molecule has 0 aromatic heterocycles. The van der Waals surface area contributed by atoms with E-state index >= 15 is 0 Å². The van der Waals surface area contributed by atoms with Crippen molar-refractivity contribution < 1.29 is 4.74 Å². The number of likely N-dealkylation sites (N-methyl/N-ethyl adjacent to an activating group) is 1. The van der Waals surface area contributed by atoms with Gasteiger partial charge in [-0.1, -0.05) is 0 Å². The molecule has 0 saturated carbocycles. The van der Waals surface area contributed by atoms with Crippen LogP contribution in [0.2, 0.25) is 0 Å². The third kappa shape index (κ3) is 1.92. The van der Waals surface area contributed by atoms with Gasteiger partial charge in [0.2, 0.25) is 0 Å². The summed E-state index contributed by atoms with van der Waals surface area (Å²) in [6, 6.07) is 0.287. The van der Waals surface area contributed by atoms with Crippen molar-refractivity contribution in [1.82, 2.24) is 4.90 Å². The SMILES string of the molecule is COC(C)C1CN(C)CC1N. The van der Waals surface area contributed by atoms with E-state index in [0.717, 1.165) is 13.1 Å². The van der Waals surface area contributed by atoms with E-state index in [4.69, 9.17) is 10.5 Å². The van der Waals surface area contributed by atoms with Gasteiger partial charge in [-0.25, -0.2) is 0 Å². The van der Waals surface area contributed by atoms with Gasteiger partial charge < -0.3 is 15.4 Å². The number of rotatable bonds is 2. The smallest absolute Gasteiger partial charge is 0.0598 e. The van der Waals surface area contributed by atoms with Gasteiger partial charge in [0.1, 0.15) is 0 Å². The highest BCUT2D eigenvalue weighted by molar-refractivity contribution is 4.88. The lowest BCUT2D eigenvalue weighted by molar-refractivity contribution is 0.0658. The zero-order valence-corrected chi connectivity index (χ0v) is 7.58. The molecule has 0 radical (unpaired) electrons. The van der Waals surface area contributed by atoms with Crippen LogP contribution in [0.3, 0.4) is 0 Å². The molecule has 3 atom stereocenters. The second-order valence-electron chi connectivity index (χ2n) is 3.49. The fourth-order valence-corrected chi connectivity index (χ4v) is 1.74. The summed E-state index contributed by atoms with van der Waals surface area (Å²) in [5.74, 6) is 0.505. The third-order valence-corrected chi connectivity index (χ3v) is 2.57. The number of methoxy groups -OCH3 is 1. The Hall–Kier alpha value is -0.120. The second kappa shape index (κ2) is 3.52. The summed E-state index contributed by atoms with van der Waals surface area (Å²) in [5, 5.41) is 0. The van der Waals surface area contributed by atoms with Crippen LogP contribution in [0, 0.1) is 5.92 Å². The maximum Gasteiger partial charge on any atom is 0.0598 e. The molecule has 11 heavy (non-hydrogen) atoms. The lowest BCUT2D eigenvalue weighted by Gasteiger charge is -2.20. The molecule has 66 valence electrons. The summed E-state index contributed by atoms with van der Waals surface area (Å²) in [6.07, 6.45) is 0.287. The summed E-state index contributed by atoms with van der Waals surface area (Å²) in [5.41, 5.74) is 5.92. The molecular formula is C8H18N2O. The van der Waals surface area contributed by atoms with E-state index in [0.29, 0.717) is 5.92 Å². The van der Waals surface area contributed by atoms with Crippen molar-refractivity contribution in [2.24, 2.45) is 11.7 Å². The van der Waals surface area contributed by atoms with Gasteiger partial charge in [-0.2, -0.15) is 0 Å². The standard InChI is InChI=1S/C8H18N2O/c1-6(11-3)7-4-10(2)5-8(7)9/h6-8H,4-5,9H2,1-3H3. The van der Waals surface area contributed by atoms with E-state index in [1.54, 1.807) is 7.11 Å². The van der Waals surface area contributed by atoms with E-state index in [9.17, 15) is 0 Å². The van der Waals surface area contributed by atoms with Gasteiger partial charge in [-0.05, 0) is 14.0 Å². The third-order valence-electron chi connectivity index (χ3n) is 2.57. The summed E-state index contributed by atoms with van der Waals surface area (Å²) < 4.78 is 5.25. The van der Waals surface area contributed by atoms with Gasteiger partial charge >= 0.3 is 0 Å². The van der Waals surface area contributed by atoms with Crippen molar-refractivity contribution in [2.75, 3.05) is 27.2 Å². The summed E-state index contributed by atoms with van der Waals surface area (Å²) in [7, 11) is 3.85. The van der Waals surface area contributed by atoms with Crippen molar-refractivity contribution in [3.63, 3.8) is 0 Å².